The lowest BCUT2D eigenvalue weighted by molar-refractivity contribution is 1.12. The molecule has 0 N–H and O–H groups in total. The van der Waals surface area contributed by atoms with E-state index in [0.717, 1.165) is 77.0 Å². The smallest absolute Gasteiger partial charge is 0.189 e. The van der Waals surface area contributed by atoms with Crippen molar-refractivity contribution in [1.29, 1.82) is 15.8 Å². The van der Waals surface area contributed by atoms with Crippen LogP contribution in [0.3, 0.4) is 0 Å². The van der Waals surface area contributed by atoms with E-state index in [-0.39, 0.29) is 0 Å². The predicted octanol–water partition coefficient (Wildman–Crippen LogP) is 13.0. The fraction of sp³-hybridized carbons (Fsp3) is 0. The van der Waals surface area contributed by atoms with Crippen LogP contribution in [-0.4, -0.2) is 14.1 Å². The molecule has 0 unspecified atom stereocenters. The van der Waals surface area contributed by atoms with Crippen LogP contribution in [0.2, 0.25) is 0 Å². The van der Waals surface area contributed by atoms with E-state index in [1.165, 1.54) is 0 Å². The van der Waals surface area contributed by atoms with Crippen molar-refractivity contribution in [3.05, 3.63) is 198 Å². The van der Waals surface area contributed by atoms with Gasteiger partial charge in [-0.05, 0) is 118 Å². The molecule has 0 spiro atoms. The molecule has 0 atom stereocenters. The first kappa shape index (κ1) is 35.2. The van der Waals surface area contributed by atoms with Gasteiger partial charge in [-0.3, -0.25) is 4.98 Å². The van der Waals surface area contributed by atoms with Crippen molar-refractivity contribution >= 4 is 55.0 Å². The summed E-state index contributed by atoms with van der Waals surface area (Å²) < 4.78 is 4.28. The number of hydrogen-bond donors (Lipinski definition) is 0. The van der Waals surface area contributed by atoms with Crippen molar-refractivity contribution in [2.24, 2.45) is 0 Å². The van der Waals surface area contributed by atoms with Gasteiger partial charge in [0, 0.05) is 45.1 Å². The van der Waals surface area contributed by atoms with Crippen molar-refractivity contribution in [1.82, 2.24) is 14.1 Å². The van der Waals surface area contributed by atoms with E-state index < -0.39 is 0 Å². The van der Waals surface area contributed by atoms with Gasteiger partial charge in [-0.2, -0.15) is 15.8 Å². The van der Waals surface area contributed by atoms with E-state index in [0.29, 0.717) is 39.4 Å². The maximum Gasteiger partial charge on any atom is 0.189 e. The predicted molar refractivity (Wildman–Crippen MR) is 236 cm³/mol. The Bertz CT molecular complexity index is 3390. The van der Waals surface area contributed by atoms with Crippen LogP contribution in [0.5, 0.6) is 0 Å². The summed E-state index contributed by atoms with van der Waals surface area (Å²) in [6, 6.07) is 54.0. The third-order valence-corrected chi connectivity index (χ3v) is 11.1. The molecule has 10 aromatic rings. The Hall–Kier alpha value is -9.26. The molecule has 0 fully saturated rings. The van der Waals surface area contributed by atoms with Gasteiger partial charge in [0.15, 0.2) is 11.4 Å². The van der Waals surface area contributed by atoms with Crippen LogP contribution < -0.4 is 0 Å². The summed E-state index contributed by atoms with van der Waals surface area (Å²) in [4.78, 5) is 11.6. The second-order valence-corrected chi connectivity index (χ2v) is 14.4. The van der Waals surface area contributed by atoms with Gasteiger partial charge in [0.1, 0.15) is 11.6 Å². The van der Waals surface area contributed by atoms with Gasteiger partial charge >= 0.3 is 0 Å². The fourth-order valence-corrected chi connectivity index (χ4v) is 8.42. The summed E-state index contributed by atoms with van der Waals surface area (Å²) >= 11 is 0. The summed E-state index contributed by atoms with van der Waals surface area (Å²) in [5.41, 5.74) is 11.8. The largest absolute Gasteiger partial charge is 0.308 e. The number of fused-ring (bicyclic) bond motifs is 6. The molecule has 8 heteroatoms. The first-order chi connectivity index (χ1) is 29.5. The third-order valence-electron chi connectivity index (χ3n) is 11.1. The average Bonchev–Trinajstić information content (AvgIpc) is 3.82. The zero-order valence-electron chi connectivity index (χ0n) is 31.6. The van der Waals surface area contributed by atoms with E-state index >= 15 is 0 Å². The molecule has 0 amide bonds. The Morgan fingerprint density at radius 1 is 0.417 bits per heavy atom. The fourth-order valence-electron chi connectivity index (χ4n) is 8.42. The topological polar surface area (TPSA) is 103 Å². The standard InChI is InChI=1S/C52H26N8/c1-56-40-21-32(29-53)19-37(23-40)35-11-13-44-42-7-3-5-9-47(42)59(49(44)25-35)51-27-39(34-15-17-58-18-16-34)28-52(46(51)31-55)60-48-10-6-4-8-43(48)45-14-12-36(26-50(45)60)38-20-33(30-54)22-41(24-38)57-2/h3-28H. The minimum Gasteiger partial charge on any atom is -0.308 e. The Kier molecular flexibility index (Phi) is 8.23. The van der Waals surface area contributed by atoms with Crippen molar-refractivity contribution in [3.8, 4) is 63.0 Å². The Balaban J connectivity index is 1.32. The summed E-state index contributed by atoms with van der Waals surface area (Å²) in [5.74, 6) is 0. The molecular formula is C52H26N8. The zero-order chi connectivity index (χ0) is 40.9. The number of nitrogens with zero attached hydrogens (tertiary/aromatic N) is 8. The van der Waals surface area contributed by atoms with Gasteiger partial charge in [-0.1, -0.05) is 60.7 Å². The second kappa shape index (κ2) is 14.0. The molecule has 0 aliphatic carbocycles. The molecule has 0 radical (unpaired) electrons. The van der Waals surface area contributed by atoms with Crippen LogP contribution >= 0.6 is 0 Å². The van der Waals surface area contributed by atoms with Crippen molar-refractivity contribution in [3.63, 3.8) is 0 Å². The minimum atomic E-state index is 0.380. The highest BCUT2D eigenvalue weighted by Gasteiger charge is 2.23. The van der Waals surface area contributed by atoms with Crippen LogP contribution in [-0.2, 0) is 0 Å². The maximum absolute atomic E-state index is 11.4. The summed E-state index contributed by atoms with van der Waals surface area (Å²) in [6.07, 6.45) is 3.51. The minimum absolute atomic E-state index is 0.380. The van der Waals surface area contributed by atoms with Gasteiger partial charge in [-0.15, -0.1) is 0 Å². The summed E-state index contributed by atoms with van der Waals surface area (Å²) in [7, 11) is 0. The van der Waals surface area contributed by atoms with Crippen LogP contribution in [0.1, 0.15) is 16.7 Å². The van der Waals surface area contributed by atoms with Gasteiger partial charge < -0.3 is 9.13 Å². The maximum atomic E-state index is 11.4. The van der Waals surface area contributed by atoms with E-state index in [4.69, 9.17) is 13.1 Å². The molecule has 7 aromatic carbocycles. The third kappa shape index (κ3) is 5.61. The van der Waals surface area contributed by atoms with Gasteiger partial charge in [0.05, 0.1) is 58.7 Å². The van der Waals surface area contributed by atoms with Crippen molar-refractivity contribution in [2.75, 3.05) is 0 Å². The van der Waals surface area contributed by atoms with Crippen LogP contribution in [0, 0.1) is 47.1 Å². The van der Waals surface area contributed by atoms with Gasteiger partial charge in [-0.25, -0.2) is 9.69 Å². The Morgan fingerprint density at radius 2 is 0.867 bits per heavy atom. The molecular weight excluding hydrogens is 737 g/mol. The van der Waals surface area contributed by atoms with E-state index in [1.54, 1.807) is 48.8 Å². The van der Waals surface area contributed by atoms with Crippen LogP contribution in [0.4, 0.5) is 11.4 Å². The number of hydrogen-bond acceptors (Lipinski definition) is 4. The molecule has 10 rings (SSSR count). The van der Waals surface area contributed by atoms with Gasteiger partial charge in [0.25, 0.3) is 0 Å². The number of aromatic nitrogens is 3. The van der Waals surface area contributed by atoms with Gasteiger partial charge in [0.2, 0.25) is 0 Å². The normalized spacial score (nSPS) is 10.9. The number of nitriles is 3. The van der Waals surface area contributed by atoms with Crippen LogP contribution in [0.25, 0.3) is 98.1 Å². The van der Waals surface area contributed by atoms with Crippen LogP contribution in [0.15, 0.2) is 158 Å². The molecule has 8 nitrogen and oxygen atoms in total. The molecule has 274 valence electrons. The van der Waals surface area contributed by atoms with E-state index in [2.05, 4.69) is 103 Å². The lowest BCUT2D eigenvalue weighted by atomic mass is 9.99. The summed E-state index contributed by atoms with van der Waals surface area (Å²) in [6.45, 7) is 15.4. The molecule has 0 saturated carbocycles. The van der Waals surface area contributed by atoms with E-state index in [1.807, 2.05) is 48.5 Å². The summed E-state index contributed by atoms with van der Waals surface area (Å²) in [5, 5.41) is 35.0. The highest BCUT2D eigenvalue weighted by Crippen LogP contribution is 2.42. The lowest BCUT2D eigenvalue weighted by Crippen LogP contribution is -2.05. The van der Waals surface area contributed by atoms with Crippen molar-refractivity contribution < 1.29 is 0 Å². The quantitative estimate of drug-likeness (QED) is 0.163. The molecule has 3 heterocycles. The molecule has 0 aliphatic rings. The number of benzene rings is 7. The monoisotopic (exact) mass is 762 g/mol. The molecule has 60 heavy (non-hydrogen) atoms. The highest BCUT2D eigenvalue weighted by atomic mass is 15.0. The first-order valence-electron chi connectivity index (χ1n) is 18.9. The number of rotatable bonds is 5. The first-order valence-corrected chi connectivity index (χ1v) is 18.9. The number of pyridine rings is 1. The molecule has 0 saturated heterocycles. The molecule has 0 bridgehead atoms. The highest BCUT2D eigenvalue weighted by molar-refractivity contribution is 6.12. The number of para-hydroxylation sites is 2. The lowest BCUT2D eigenvalue weighted by Gasteiger charge is -2.19. The molecule has 0 aliphatic heterocycles. The second-order valence-electron chi connectivity index (χ2n) is 14.4. The Morgan fingerprint density at radius 3 is 1.32 bits per heavy atom. The van der Waals surface area contributed by atoms with Crippen molar-refractivity contribution in [2.45, 2.75) is 0 Å². The van der Waals surface area contributed by atoms with E-state index in [9.17, 15) is 15.8 Å². The SMILES string of the molecule is [C-]#[N+]c1cc(C#N)cc(-c2ccc3c4ccccc4n(-c4cc(-c5ccncc5)cc(-n5c6ccccc6c6ccc(-c7cc(C#N)cc([N+]#[C-])c7)cc65)c4C#N)c3c2)c1. The Labute approximate surface area is 344 Å². The molecule has 3 aromatic heterocycles. The average molecular weight is 763 g/mol. The zero-order valence-corrected chi connectivity index (χ0v) is 31.6.